The van der Waals surface area contributed by atoms with Crippen LogP contribution in [-0.2, 0) is 4.79 Å². The monoisotopic (exact) mass is 342 g/mol. The highest BCUT2D eigenvalue weighted by atomic mass is 19.1. The number of benzene rings is 2. The predicted octanol–water partition coefficient (Wildman–Crippen LogP) is 3.04. The average molecular weight is 342 g/mol. The van der Waals surface area contributed by atoms with Gasteiger partial charge >= 0.3 is 0 Å². The number of halogens is 1. The first-order chi connectivity index (χ1) is 12.2. The molecule has 4 nitrogen and oxygen atoms in total. The molecule has 2 N–H and O–H groups in total. The quantitative estimate of drug-likeness (QED) is 0.878. The summed E-state index contributed by atoms with van der Waals surface area (Å²) >= 11 is 0. The molecule has 132 valence electrons. The van der Waals surface area contributed by atoms with Crippen LogP contribution in [-0.4, -0.2) is 26.1 Å². The van der Waals surface area contributed by atoms with E-state index in [9.17, 15) is 9.18 Å². The molecule has 0 spiro atoms. The van der Waals surface area contributed by atoms with E-state index in [0.717, 1.165) is 42.8 Å². The molecule has 0 radical (unpaired) electrons. The van der Waals surface area contributed by atoms with Crippen molar-refractivity contribution in [2.24, 2.45) is 5.92 Å². The molecule has 1 saturated heterocycles. The average Bonchev–Trinajstić information content (AvgIpc) is 2.67. The predicted molar refractivity (Wildman–Crippen MR) is 95.0 cm³/mol. The molecule has 1 aliphatic rings. The molecule has 0 bridgehead atoms. The third-order valence-electron chi connectivity index (χ3n) is 4.65. The van der Waals surface area contributed by atoms with Crippen molar-refractivity contribution in [3.63, 3.8) is 0 Å². The topological polar surface area (TPSA) is 50.4 Å². The van der Waals surface area contributed by atoms with Crippen LogP contribution in [0.1, 0.15) is 30.0 Å². The molecular formula is C20H23FN2O2. The Labute approximate surface area is 147 Å². The molecular weight excluding hydrogens is 319 g/mol. The zero-order valence-electron chi connectivity index (χ0n) is 14.3. The van der Waals surface area contributed by atoms with Gasteiger partial charge in [0.2, 0.25) is 5.91 Å². The van der Waals surface area contributed by atoms with Gasteiger partial charge in [0, 0.05) is 5.92 Å². The molecule has 1 fully saturated rings. The number of amides is 1. The van der Waals surface area contributed by atoms with E-state index in [1.165, 1.54) is 12.1 Å². The minimum absolute atomic E-state index is 0.0162. The Balaban J connectivity index is 1.85. The Morgan fingerprint density at radius 2 is 1.64 bits per heavy atom. The lowest BCUT2D eigenvalue weighted by Crippen LogP contribution is -2.40. The second-order valence-corrected chi connectivity index (χ2v) is 6.29. The Morgan fingerprint density at radius 1 is 1.08 bits per heavy atom. The number of hydrogen-bond acceptors (Lipinski definition) is 3. The van der Waals surface area contributed by atoms with Gasteiger partial charge in [-0.05, 0) is 61.3 Å². The summed E-state index contributed by atoms with van der Waals surface area (Å²) in [7, 11) is 1.62. The number of piperidine rings is 1. The second-order valence-electron chi connectivity index (χ2n) is 6.29. The summed E-state index contributed by atoms with van der Waals surface area (Å²) in [4.78, 5) is 12.7. The zero-order valence-corrected chi connectivity index (χ0v) is 14.3. The Hall–Kier alpha value is -2.40. The Morgan fingerprint density at radius 3 is 2.20 bits per heavy atom. The van der Waals surface area contributed by atoms with E-state index in [-0.39, 0.29) is 23.7 Å². The molecule has 1 heterocycles. The lowest BCUT2D eigenvalue weighted by Gasteiger charge is -2.26. The van der Waals surface area contributed by atoms with Gasteiger partial charge in [-0.2, -0.15) is 0 Å². The van der Waals surface area contributed by atoms with Crippen LogP contribution in [0.15, 0.2) is 48.5 Å². The fraction of sp³-hybridized carbons (Fsp3) is 0.350. The molecule has 5 heteroatoms. The van der Waals surface area contributed by atoms with E-state index in [4.69, 9.17) is 4.74 Å². The maximum absolute atomic E-state index is 13.3. The van der Waals surface area contributed by atoms with Gasteiger partial charge in [0.1, 0.15) is 11.6 Å². The number of ether oxygens (including phenoxy) is 1. The van der Waals surface area contributed by atoms with Crippen LogP contribution < -0.4 is 15.4 Å². The summed E-state index contributed by atoms with van der Waals surface area (Å²) in [6.07, 6.45) is 1.68. The van der Waals surface area contributed by atoms with E-state index in [0.29, 0.717) is 0 Å². The molecule has 0 aromatic heterocycles. The number of nitrogens with one attached hydrogen (secondary N) is 2. The lowest BCUT2D eigenvalue weighted by molar-refractivity contribution is -0.126. The Bertz CT molecular complexity index is 695. The summed E-state index contributed by atoms with van der Waals surface area (Å²) in [6, 6.07) is 13.5. The minimum Gasteiger partial charge on any atom is -0.497 e. The van der Waals surface area contributed by atoms with Gasteiger partial charge in [-0.3, -0.25) is 4.79 Å². The molecule has 2 aromatic carbocycles. The molecule has 1 aliphatic heterocycles. The lowest BCUT2D eigenvalue weighted by atomic mass is 9.94. The number of carbonyl (C=O) groups excluding carboxylic acids is 1. The smallest absolute Gasteiger partial charge is 0.223 e. The van der Waals surface area contributed by atoms with E-state index < -0.39 is 0 Å². The van der Waals surface area contributed by atoms with Crippen molar-refractivity contribution >= 4 is 5.91 Å². The van der Waals surface area contributed by atoms with Crippen LogP contribution in [0, 0.1) is 11.7 Å². The summed E-state index contributed by atoms with van der Waals surface area (Å²) in [5.41, 5.74) is 1.79. The van der Waals surface area contributed by atoms with Gasteiger partial charge in [-0.15, -0.1) is 0 Å². The van der Waals surface area contributed by atoms with E-state index in [2.05, 4.69) is 10.6 Å². The standard InChI is InChI=1S/C20H23FN2O2/c1-25-18-8-4-15(5-9-18)19(14-2-6-17(21)7-3-14)23-20(24)16-10-12-22-13-11-16/h2-9,16,19,22H,10-13H2,1H3,(H,23,24). The molecule has 25 heavy (non-hydrogen) atoms. The molecule has 1 atom stereocenters. The molecule has 3 rings (SSSR count). The van der Waals surface area contributed by atoms with Crippen molar-refractivity contribution in [1.29, 1.82) is 0 Å². The highest BCUT2D eigenvalue weighted by Crippen LogP contribution is 2.25. The van der Waals surface area contributed by atoms with Gasteiger partial charge in [0.05, 0.1) is 13.2 Å². The van der Waals surface area contributed by atoms with E-state index in [1.54, 1.807) is 19.2 Å². The van der Waals surface area contributed by atoms with E-state index in [1.807, 2.05) is 24.3 Å². The van der Waals surface area contributed by atoms with Gasteiger partial charge in [-0.25, -0.2) is 4.39 Å². The summed E-state index contributed by atoms with van der Waals surface area (Å²) in [6.45, 7) is 1.73. The number of hydrogen-bond donors (Lipinski definition) is 2. The van der Waals surface area contributed by atoms with Gasteiger partial charge in [0.25, 0.3) is 0 Å². The maximum Gasteiger partial charge on any atom is 0.223 e. The van der Waals surface area contributed by atoms with Gasteiger partial charge in [-0.1, -0.05) is 24.3 Å². The highest BCUT2D eigenvalue weighted by Gasteiger charge is 2.24. The molecule has 0 aliphatic carbocycles. The molecule has 1 unspecified atom stereocenters. The number of carbonyl (C=O) groups is 1. The van der Waals surface area contributed by atoms with Crippen LogP contribution in [0.4, 0.5) is 4.39 Å². The molecule has 1 amide bonds. The molecule has 2 aromatic rings. The molecule has 0 saturated carbocycles. The SMILES string of the molecule is COc1ccc(C(NC(=O)C2CCNCC2)c2ccc(F)cc2)cc1. The van der Waals surface area contributed by atoms with Crippen LogP contribution in [0.2, 0.25) is 0 Å². The first-order valence-corrected chi connectivity index (χ1v) is 8.58. The minimum atomic E-state index is -0.311. The van der Waals surface area contributed by atoms with Crippen LogP contribution in [0.25, 0.3) is 0 Å². The van der Waals surface area contributed by atoms with Gasteiger partial charge < -0.3 is 15.4 Å². The van der Waals surface area contributed by atoms with Crippen molar-refractivity contribution in [3.8, 4) is 5.75 Å². The largest absolute Gasteiger partial charge is 0.497 e. The van der Waals surface area contributed by atoms with Crippen molar-refractivity contribution in [1.82, 2.24) is 10.6 Å². The second kappa shape index (κ2) is 8.12. The number of rotatable bonds is 5. The van der Waals surface area contributed by atoms with Crippen LogP contribution >= 0.6 is 0 Å². The van der Waals surface area contributed by atoms with Crippen molar-refractivity contribution in [2.45, 2.75) is 18.9 Å². The third-order valence-corrected chi connectivity index (χ3v) is 4.65. The fourth-order valence-electron chi connectivity index (χ4n) is 3.15. The van der Waals surface area contributed by atoms with Crippen molar-refractivity contribution in [2.75, 3.05) is 20.2 Å². The first kappa shape index (κ1) is 17.4. The zero-order chi connectivity index (χ0) is 17.6. The summed E-state index contributed by atoms with van der Waals surface area (Å²) < 4.78 is 18.5. The van der Waals surface area contributed by atoms with E-state index >= 15 is 0 Å². The number of methoxy groups -OCH3 is 1. The van der Waals surface area contributed by atoms with Crippen LogP contribution in [0.5, 0.6) is 5.75 Å². The van der Waals surface area contributed by atoms with Gasteiger partial charge in [0.15, 0.2) is 0 Å². The van der Waals surface area contributed by atoms with Crippen molar-refractivity contribution in [3.05, 3.63) is 65.5 Å². The van der Waals surface area contributed by atoms with Crippen LogP contribution in [0.3, 0.4) is 0 Å². The maximum atomic E-state index is 13.3. The normalized spacial score (nSPS) is 16.2. The third kappa shape index (κ3) is 4.37. The van der Waals surface area contributed by atoms with Crippen molar-refractivity contribution < 1.29 is 13.9 Å². The summed E-state index contributed by atoms with van der Waals surface area (Å²) in [5.74, 6) is 0.530. The Kier molecular flexibility index (Phi) is 5.66. The highest BCUT2D eigenvalue weighted by molar-refractivity contribution is 5.79. The fourth-order valence-corrected chi connectivity index (χ4v) is 3.15. The first-order valence-electron chi connectivity index (χ1n) is 8.58. The summed E-state index contributed by atoms with van der Waals surface area (Å²) in [5, 5.41) is 6.42.